The highest BCUT2D eigenvalue weighted by Gasteiger charge is 2.09. The van der Waals surface area contributed by atoms with E-state index in [1.165, 1.54) is 64.6 Å². The predicted molar refractivity (Wildman–Crippen MR) is 62.7 cm³/mol. The third kappa shape index (κ3) is 5.61. The summed E-state index contributed by atoms with van der Waals surface area (Å²) in [6.07, 6.45) is 9.51. The summed E-state index contributed by atoms with van der Waals surface area (Å²) in [5.41, 5.74) is 0. The lowest BCUT2D eigenvalue weighted by atomic mass is 10.1. The van der Waals surface area contributed by atoms with Gasteiger partial charge < -0.3 is 10.6 Å². The summed E-state index contributed by atoms with van der Waals surface area (Å²) in [5.74, 6) is 0. The Morgan fingerprint density at radius 2 is 2.07 bits per heavy atom. The quantitative estimate of drug-likeness (QED) is 0.640. The molecular formula is C12H26N2. The Morgan fingerprint density at radius 3 is 2.93 bits per heavy atom. The minimum atomic E-state index is 0.784. The number of nitrogens with one attached hydrogen (secondary N) is 2. The molecule has 0 saturated carbocycles. The van der Waals surface area contributed by atoms with Crippen LogP contribution in [0.2, 0.25) is 0 Å². The average Bonchev–Trinajstić information content (AvgIpc) is 2.46. The summed E-state index contributed by atoms with van der Waals surface area (Å²) < 4.78 is 0. The van der Waals surface area contributed by atoms with Crippen LogP contribution in [0.3, 0.4) is 0 Å². The van der Waals surface area contributed by atoms with Gasteiger partial charge in [-0.2, -0.15) is 0 Å². The van der Waals surface area contributed by atoms with Crippen molar-refractivity contribution in [2.45, 2.75) is 57.9 Å². The summed E-state index contributed by atoms with van der Waals surface area (Å²) in [7, 11) is 0. The molecule has 0 amide bonds. The van der Waals surface area contributed by atoms with Gasteiger partial charge in [0.05, 0.1) is 0 Å². The molecule has 1 rings (SSSR count). The van der Waals surface area contributed by atoms with E-state index in [-0.39, 0.29) is 0 Å². The second-order valence-corrected chi connectivity index (χ2v) is 4.39. The molecule has 1 saturated heterocycles. The van der Waals surface area contributed by atoms with Gasteiger partial charge in [-0.25, -0.2) is 0 Å². The zero-order valence-electron chi connectivity index (χ0n) is 9.65. The third-order valence-corrected chi connectivity index (χ3v) is 3.04. The molecule has 14 heavy (non-hydrogen) atoms. The van der Waals surface area contributed by atoms with Crippen molar-refractivity contribution in [3.8, 4) is 0 Å². The van der Waals surface area contributed by atoms with Crippen LogP contribution in [-0.2, 0) is 0 Å². The molecule has 0 bridgehead atoms. The van der Waals surface area contributed by atoms with Gasteiger partial charge in [0.25, 0.3) is 0 Å². The summed E-state index contributed by atoms with van der Waals surface area (Å²) in [6, 6.07) is 0.784. The summed E-state index contributed by atoms with van der Waals surface area (Å²) in [4.78, 5) is 0. The van der Waals surface area contributed by atoms with Crippen molar-refractivity contribution in [2.24, 2.45) is 0 Å². The molecule has 2 nitrogen and oxygen atoms in total. The van der Waals surface area contributed by atoms with Crippen LogP contribution in [0.1, 0.15) is 51.9 Å². The van der Waals surface area contributed by atoms with Gasteiger partial charge in [-0.05, 0) is 45.3 Å². The maximum Gasteiger partial charge on any atom is 0.00796 e. The van der Waals surface area contributed by atoms with Crippen LogP contribution in [0.25, 0.3) is 0 Å². The Bertz CT molecular complexity index is 117. The van der Waals surface area contributed by atoms with Crippen LogP contribution in [0.4, 0.5) is 0 Å². The largest absolute Gasteiger partial charge is 0.317 e. The molecule has 0 aromatic heterocycles. The van der Waals surface area contributed by atoms with Gasteiger partial charge in [0.15, 0.2) is 0 Å². The lowest BCUT2D eigenvalue weighted by Crippen LogP contribution is -2.30. The lowest BCUT2D eigenvalue weighted by Gasteiger charge is -2.15. The average molecular weight is 198 g/mol. The van der Waals surface area contributed by atoms with E-state index >= 15 is 0 Å². The predicted octanol–water partition coefficient (Wildman–Crippen LogP) is 2.30. The molecule has 0 aromatic rings. The molecular weight excluding hydrogens is 172 g/mol. The van der Waals surface area contributed by atoms with Gasteiger partial charge >= 0.3 is 0 Å². The summed E-state index contributed by atoms with van der Waals surface area (Å²) in [6.45, 7) is 5.91. The minimum Gasteiger partial charge on any atom is -0.317 e. The first-order valence-electron chi connectivity index (χ1n) is 6.37. The Morgan fingerprint density at radius 1 is 1.14 bits per heavy atom. The monoisotopic (exact) mass is 198 g/mol. The van der Waals surface area contributed by atoms with Crippen LogP contribution in [0.15, 0.2) is 0 Å². The number of hydrogen-bond acceptors (Lipinski definition) is 2. The Hall–Kier alpha value is -0.0800. The molecule has 1 heterocycles. The van der Waals surface area contributed by atoms with Crippen molar-refractivity contribution < 1.29 is 0 Å². The minimum absolute atomic E-state index is 0.784. The summed E-state index contributed by atoms with van der Waals surface area (Å²) >= 11 is 0. The lowest BCUT2D eigenvalue weighted by molar-refractivity contribution is 0.457. The molecule has 0 radical (unpaired) electrons. The SMILES string of the molecule is CCCCCCNC1CCCNCC1. The smallest absolute Gasteiger partial charge is 0.00796 e. The van der Waals surface area contributed by atoms with Crippen molar-refractivity contribution in [1.29, 1.82) is 0 Å². The van der Waals surface area contributed by atoms with Crippen LogP contribution in [0, 0.1) is 0 Å². The van der Waals surface area contributed by atoms with Gasteiger partial charge in [-0.3, -0.25) is 0 Å². The Balaban J connectivity index is 1.93. The first kappa shape index (κ1) is 12.0. The molecule has 1 fully saturated rings. The molecule has 0 spiro atoms. The highest BCUT2D eigenvalue weighted by atomic mass is 14.9. The van der Waals surface area contributed by atoms with Crippen molar-refractivity contribution >= 4 is 0 Å². The molecule has 1 aliphatic rings. The van der Waals surface area contributed by atoms with Crippen LogP contribution in [-0.4, -0.2) is 25.7 Å². The molecule has 84 valence electrons. The van der Waals surface area contributed by atoms with Crippen molar-refractivity contribution in [3.63, 3.8) is 0 Å². The first-order valence-corrected chi connectivity index (χ1v) is 6.37. The van der Waals surface area contributed by atoms with Crippen molar-refractivity contribution in [2.75, 3.05) is 19.6 Å². The van der Waals surface area contributed by atoms with E-state index in [1.54, 1.807) is 0 Å². The molecule has 2 N–H and O–H groups in total. The molecule has 1 aliphatic heterocycles. The van der Waals surface area contributed by atoms with Crippen LogP contribution >= 0.6 is 0 Å². The van der Waals surface area contributed by atoms with Gasteiger partial charge in [0.2, 0.25) is 0 Å². The maximum absolute atomic E-state index is 3.68. The van der Waals surface area contributed by atoms with Gasteiger partial charge in [-0.1, -0.05) is 26.2 Å². The fourth-order valence-corrected chi connectivity index (χ4v) is 2.08. The van der Waals surface area contributed by atoms with Crippen molar-refractivity contribution in [1.82, 2.24) is 10.6 Å². The zero-order chi connectivity index (χ0) is 10.1. The highest BCUT2D eigenvalue weighted by Crippen LogP contribution is 2.05. The zero-order valence-corrected chi connectivity index (χ0v) is 9.65. The van der Waals surface area contributed by atoms with Crippen LogP contribution < -0.4 is 10.6 Å². The fourth-order valence-electron chi connectivity index (χ4n) is 2.08. The van der Waals surface area contributed by atoms with Crippen molar-refractivity contribution in [3.05, 3.63) is 0 Å². The second kappa shape index (κ2) is 8.25. The van der Waals surface area contributed by atoms with E-state index in [1.807, 2.05) is 0 Å². The van der Waals surface area contributed by atoms with Gasteiger partial charge in [0.1, 0.15) is 0 Å². The molecule has 0 aliphatic carbocycles. The Labute approximate surface area is 88.8 Å². The maximum atomic E-state index is 3.68. The Kier molecular flexibility index (Phi) is 7.06. The van der Waals surface area contributed by atoms with E-state index in [9.17, 15) is 0 Å². The van der Waals surface area contributed by atoms with E-state index in [2.05, 4.69) is 17.6 Å². The van der Waals surface area contributed by atoms with E-state index in [4.69, 9.17) is 0 Å². The number of rotatable bonds is 6. The van der Waals surface area contributed by atoms with Gasteiger partial charge in [0, 0.05) is 6.04 Å². The molecule has 2 heteroatoms. The van der Waals surface area contributed by atoms with E-state index < -0.39 is 0 Å². The molecule has 0 aromatic carbocycles. The van der Waals surface area contributed by atoms with E-state index in [0.29, 0.717) is 0 Å². The number of unbranched alkanes of at least 4 members (excludes halogenated alkanes) is 3. The number of hydrogen-bond donors (Lipinski definition) is 2. The van der Waals surface area contributed by atoms with E-state index in [0.717, 1.165) is 6.04 Å². The van der Waals surface area contributed by atoms with Crippen LogP contribution in [0.5, 0.6) is 0 Å². The second-order valence-electron chi connectivity index (χ2n) is 4.39. The molecule has 1 atom stereocenters. The van der Waals surface area contributed by atoms with Gasteiger partial charge in [-0.15, -0.1) is 0 Å². The summed E-state index contributed by atoms with van der Waals surface area (Å²) in [5, 5.41) is 7.13. The standard InChI is InChI=1S/C12H26N2/c1-2-3-4-5-10-14-12-7-6-9-13-11-8-12/h12-14H,2-11H2,1H3. The highest BCUT2D eigenvalue weighted by molar-refractivity contribution is 4.72. The fraction of sp³-hybridized carbons (Fsp3) is 1.00. The third-order valence-electron chi connectivity index (χ3n) is 3.04. The first-order chi connectivity index (χ1) is 6.93. The topological polar surface area (TPSA) is 24.1 Å². The normalized spacial score (nSPS) is 23.4. The molecule has 1 unspecified atom stereocenters.